The Morgan fingerprint density at radius 3 is 1.88 bits per heavy atom. The first-order valence-corrected chi connectivity index (χ1v) is 9.06. The van der Waals surface area contributed by atoms with Gasteiger partial charge in [0, 0.05) is 28.3 Å². The minimum Gasteiger partial charge on any atom is -0.194 e. The predicted octanol–water partition coefficient (Wildman–Crippen LogP) is 6.01. The Labute approximate surface area is 159 Å². The van der Waals surface area contributed by atoms with Gasteiger partial charge in [0.25, 0.3) is 0 Å². The molecule has 1 nitrogen and oxygen atoms in total. The Morgan fingerprint density at radius 2 is 1.23 bits per heavy atom. The van der Waals surface area contributed by atoms with Gasteiger partial charge >= 0.3 is 0 Å². The van der Waals surface area contributed by atoms with E-state index < -0.39 is 0 Å². The number of benzene rings is 3. The van der Waals surface area contributed by atoms with E-state index in [1.807, 2.05) is 24.3 Å². The minimum absolute atomic E-state index is 0.765. The van der Waals surface area contributed by atoms with Crippen LogP contribution in [-0.4, -0.2) is 0 Å². The van der Waals surface area contributed by atoms with Gasteiger partial charge in [0.2, 0.25) is 5.69 Å². The highest BCUT2D eigenvalue weighted by atomic mass is 35.5. The fourth-order valence-corrected chi connectivity index (χ4v) is 3.25. The van der Waals surface area contributed by atoms with Crippen molar-refractivity contribution >= 4 is 11.6 Å². The average molecular weight is 357 g/mol. The number of aromatic nitrogens is 1. The van der Waals surface area contributed by atoms with Crippen LogP contribution in [0, 0.1) is 0 Å². The molecule has 26 heavy (non-hydrogen) atoms. The molecule has 0 fully saturated rings. The monoisotopic (exact) mass is 356 g/mol. The predicted molar refractivity (Wildman–Crippen MR) is 108 cm³/mol. The summed E-state index contributed by atoms with van der Waals surface area (Å²) in [6.07, 6.45) is 2.17. The van der Waals surface area contributed by atoms with Crippen LogP contribution in [0.3, 0.4) is 0 Å². The summed E-state index contributed by atoms with van der Waals surface area (Å²) < 4.78 is 2.28. The van der Waals surface area contributed by atoms with Crippen molar-refractivity contribution in [3.8, 4) is 22.4 Å². The maximum absolute atomic E-state index is 6.02. The summed E-state index contributed by atoms with van der Waals surface area (Å²) >= 11 is 6.02. The molecule has 3 aromatic carbocycles. The molecular weight excluding hydrogens is 338 g/mol. The molecule has 0 saturated carbocycles. The van der Waals surface area contributed by atoms with Crippen molar-refractivity contribution in [1.29, 1.82) is 0 Å². The van der Waals surface area contributed by atoms with Crippen LogP contribution in [0.15, 0.2) is 103 Å². The van der Waals surface area contributed by atoms with E-state index in [0.29, 0.717) is 0 Å². The van der Waals surface area contributed by atoms with E-state index in [4.69, 9.17) is 11.6 Å². The Hall–Kier alpha value is -2.90. The number of halogens is 1. The van der Waals surface area contributed by atoms with Gasteiger partial charge in [0.05, 0.1) is 0 Å². The van der Waals surface area contributed by atoms with Crippen molar-refractivity contribution in [2.45, 2.75) is 6.54 Å². The molecule has 0 amide bonds. The number of nitrogens with zero attached hydrogens (tertiary/aromatic N) is 1. The van der Waals surface area contributed by atoms with Gasteiger partial charge in [0.1, 0.15) is 0 Å². The van der Waals surface area contributed by atoms with E-state index in [2.05, 4.69) is 83.6 Å². The van der Waals surface area contributed by atoms with E-state index in [1.165, 1.54) is 27.9 Å². The lowest BCUT2D eigenvalue weighted by Gasteiger charge is -2.08. The van der Waals surface area contributed by atoms with Gasteiger partial charge in [-0.1, -0.05) is 72.3 Å². The van der Waals surface area contributed by atoms with Crippen LogP contribution in [-0.2, 0) is 6.54 Å². The molecule has 126 valence electrons. The number of hydrogen-bond acceptors (Lipinski definition) is 0. The van der Waals surface area contributed by atoms with Crippen molar-refractivity contribution < 1.29 is 4.57 Å². The van der Waals surface area contributed by atoms with Gasteiger partial charge in [-0.3, -0.25) is 0 Å². The second kappa shape index (κ2) is 7.55. The fourth-order valence-electron chi connectivity index (χ4n) is 3.12. The molecule has 2 heteroatoms. The van der Waals surface area contributed by atoms with Gasteiger partial charge in [-0.05, 0) is 35.4 Å². The van der Waals surface area contributed by atoms with Crippen molar-refractivity contribution in [1.82, 2.24) is 0 Å². The lowest BCUT2D eigenvalue weighted by atomic mass is 10.0. The molecule has 0 aliphatic carbocycles. The molecule has 0 aliphatic rings. The van der Waals surface area contributed by atoms with E-state index in [-0.39, 0.29) is 0 Å². The SMILES string of the molecule is Clc1ccc(C[n+]2ccc(-c3ccccc3)cc2-c2ccccc2)cc1. The molecule has 0 atom stereocenters. The molecule has 1 aromatic heterocycles. The molecule has 0 N–H and O–H groups in total. The zero-order valence-corrected chi connectivity index (χ0v) is 15.1. The van der Waals surface area contributed by atoms with Crippen LogP contribution in [0.5, 0.6) is 0 Å². The molecule has 0 spiro atoms. The third-order valence-electron chi connectivity index (χ3n) is 4.48. The second-order valence-electron chi connectivity index (χ2n) is 6.29. The van der Waals surface area contributed by atoms with E-state index in [9.17, 15) is 0 Å². The highest BCUT2D eigenvalue weighted by Crippen LogP contribution is 2.24. The summed E-state index contributed by atoms with van der Waals surface area (Å²) in [5.41, 5.74) is 6.07. The lowest BCUT2D eigenvalue weighted by molar-refractivity contribution is -0.677. The van der Waals surface area contributed by atoms with Gasteiger partial charge < -0.3 is 0 Å². The lowest BCUT2D eigenvalue weighted by Crippen LogP contribution is -2.36. The Bertz CT molecular complexity index is 993. The number of pyridine rings is 1. The first-order chi connectivity index (χ1) is 12.8. The smallest absolute Gasteiger partial charge is 0.194 e. The first-order valence-electron chi connectivity index (χ1n) is 8.68. The summed E-state index contributed by atoms with van der Waals surface area (Å²) in [6.45, 7) is 0.802. The summed E-state index contributed by atoms with van der Waals surface area (Å²) in [6, 6.07) is 33.5. The Balaban J connectivity index is 1.79. The molecule has 0 radical (unpaired) electrons. The quantitative estimate of drug-likeness (QED) is 0.394. The van der Waals surface area contributed by atoms with Crippen LogP contribution in [0.4, 0.5) is 0 Å². The number of hydrogen-bond donors (Lipinski definition) is 0. The topological polar surface area (TPSA) is 3.88 Å². The Morgan fingerprint density at radius 1 is 0.615 bits per heavy atom. The standard InChI is InChI=1S/C24H19ClN/c25-23-13-11-19(12-14-23)18-26-16-15-22(20-7-3-1-4-8-20)17-24(26)21-9-5-2-6-10-21/h1-17H,18H2/q+1. The highest BCUT2D eigenvalue weighted by molar-refractivity contribution is 6.30. The summed E-state index contributed by atoms with van der Waals surface area (Å²) in [7, 11) is 0. The van der Waals surface area contributed by atoms with Crippen molar-refractivity contribution in [3.05, 3.63) is 114 Å². The normalized spacial score (nSPS) is 10.7. The van der Waals surface area contributed by atoms with Crippen molar-refractivity contribution in [3.63, 3.8) is 0 Å². The molecule has 0 bridgehead atoms. The van der Waals surface area contributed by atoms with Gasteiger partial charge in [0.15, 0.2) is 12.7 Å². The van der Waals surface area contributed by atoms with Crippen molar-refractivity contribution in [2.24, 2.45) is 0 Å². The summed E-state index contributed by atoms with van der Waals surface area (Å²) in [5.74, 6) is 0. The molecule has 0 unspecified atom stereocenters. The third-order valence-corrected chi connectivity index (χ3v) is 4.73. The second-order valence-corrected chi connectivity index (χ2v) is 6.72. The Kier molecular flexibility index (Phi) is 4.81. The first kappa shape index (κ1) is 16.6. The van der Waals surface area contributed by atoms with Crippen LogP contribution in [0.1, 0.15) is 5.56 Å². The summed E-state index contributed by atoms with van der Waals surface area (Å²) in [5, 5.41) is 0.765. The molecule has 4 rings (SSSR count). The van der Waals surface area contributed by atoms with Crippen LogP contribution in [0.25, 0.3) is 22.4 Å². The largest absolute Gasteiger partial charge is 0.213 e. The molecule has 0 aliphatic heterocycles. The maximum atomic E-state index is 6.02. The minimum atomic E-state index is 0.765. The third kappa shape index (κ3) is 3.68. The number of rotatable bonds is 4. The highest BCUT2D eigenvalue weighted by Gasteiger charge is 2.15. The molecule has 0 saturated heterocycles. The van der Waals surface area contributed by atoms with Crippen LogP contribution in [0.2, 0.25) is 5.02 Å². The summed E-state index contributed by atoms with van der Waals surface area (Å²) in [4.78, 5) is 0. The van der Waals surface area contributed by atoms with Gasteiger partial charge in [-0.2, -0.15) is 4.57 Å². The zero-order valence-electron chi connectivity index (χ0n) is 14.3. The van der Waals surface area contributed by atoms with Crippen molar-refractivity contribution in [2.75, 3.05) is 0 Å². The zero-order chi connectivity index (χ0) is 17.8. The van der Waals surface area contributed by atoms with Crippen LogP contribution >= 0.6 is 11.6 Å². The van der Waals surface area contributed by atoms with E-state index in [1.54, 1.807) is 0 Å². The fraction of sp³-hybridized carbons (Fsp3) is 0.0417. The molecule has 1 heterocycles. The maximum Gasteiger partial charge on any atom is 0.213 e. The van der Waals surface area contributed by atoms with Gasteiger partial charge in [-0.25, -0.2) is 0 Å². The van der Waals surface area contributed by atoms with Gasteiger partial charge in [-0.15, -0.1) is 0 Å². The molecular formula is C24H19ClN+. The molecule has 4 aromatic rings. The van der Waals surface area contributed by atoms with E-state index >= 15 is 0 Å². The average Bonchev–Trinajstić information content (AvgIpc) is 2.71. The van der Waals surface area contributed by atoms with Crippen LogP contribution < -0.4 is 4.57 Å². The van der Waals surface area contributed by atoms with E-state index in [0.717, 1.165) is 11.6 Å².